The van der Waals surface area contributed by atoms with Crippen molar-refractivity contribution in [3.8, 4) is 0 Å². The Bertz CT molecular complexity index is 1390. The lowest BCUT2D eigenvalue weighted by Crippen LogP contribution is -2.33. The van der Waals surface area contributed by atoms with Crippen LogP contribution in [-0.2, 0) is 25.6 Å². The molecule has 2 aliphatic heterocycles. The summed E-state index contributed by atoms with van der Waals surface area (Å²) in [5.41, 5.74) is 3.29. The van der Waals surface area contributed by atoms with E-state index in [1.807, 2.05) is 86.7 Å². The van der Waals surface area contributed by atoms with E-state index in [0.29, 0.717) is 17.8 Å². The Kier molecular flexibility index (Phi) is 11.7. The molecular formula is C41H50N2O4. The molecule has 8 atom stereocenters. The fraction of sp³-hybridized carbons (Fsp3) is 0.415. The number of benzene rings is 2. The Morgan fingerprint density at radius 3 is 1.15 bits per heavy atom. The number of allylic oxidation sites excluding steroid dienone is 4. The molecule has 0 bridgehead atoms. The Morgan fingerprint density at radius 2 is 0.872 bits per heavy atom. The van der Waals surface area contributed by atoms with Crippen molar-refractivity contribution in [1.29, 1.82) is 0 Å². The van der Waals surface area contributed by atoms with E-state index in [2.05, 4.69) is 40.2 Å². The van der Waals surface area contributed by atoms with Gasteiger partial charge in [0, 0.05) is 0 Å². The van der Waals surface area contributed by atoms with Crippen LogP contribution in [0, 0.1) is 47.3 Å². The molecule has 2 saturated heterocycles. The van der Waals surface area contributed by atoms with Gasteiger partial charge in [0.1, 0.15) is 0 Å². The second-order valence-electron chi connectivity index (χ2n) is 13.3. The molecule has 6 rings (SSSR count). The minimum absolute atomic E-state index is 0.0475. The minimum Gasteiger partial charge on any atom is -0.274 e. The van der Waals surface area contributed by atoms with Crippen LogP contribution in [-0.4, -0.2) is 23.6 Å². The zero-order valence-corrected chi connectivity index (χ0v) is 28.4. The SMILES string of the molecule is C=CC1CC(C)C2C(=O)N(c3ccc(Cc4ccc(N5C(=O)C6C(C)CC(C=C)C6C5=O)cc4)cc3)C(=O)C12.C=CCC.C=CCC. The second-order valence-corrected chi connectivity index (χ2v) is 13.3. The molecule has 4 fully saturated rings. The lowest BCUT2D eigenvalue weighted by molar-refractivity contribution is -0.124. The van der Waals surface area contributed by atoms with Crippen molar-refractivity contribution in [3.63, 3.8) is 0 Å². The van der Waals surface area contributed by atoms with Crippen molar-refractivity contribution < 1.29 is 19.2 Å². The van der Waals surface area contributed by atoms with E-state index < -0.39 is 0 Å². The minimum atomic E-state index is -0.303. The third-order valence-electron chi connectivity index (χ3n) is 10.2. The molecule has 2 saturated carbocycles. The first kappa shape index (κ1) is 35.5. The number of nitrogens with zero attached hydrogens (tertiary/aromatic N) is 2. The van der Waals surface area contributed by atoms with Crippen molar-refractivity contribution in [2.24, 2.45) is 47.3 Å². The molecule has 0 spiro atoms. The molecule has 6 nitrogen and oxygen atoms in total. The second kappa shape index (κ2) is 15.5. The van der Waals surface area contributed by atoms with Gasteiger partial charge in [-0.05, 0) is 91.2 Å². The van der Waals surface area contributed by atoms with Crippen LogP contribution < -0.4 is 9.80 Å². The van der Waals surface area contributed by atoms with Gasteiger partial charge in [0.05, 0.1) is 35.0 Å². The Labute approximate surface area is 280 Å². The van der Waals surface area contributed by atoms with Gasteiger partial charge in [-0.15, -0.1) is 26.3 Å². The highest BCUT2D eigenvalue weighted by Gasteiger charge is 2.58. The highest BCUT2D eigenvalue weighted by Crippen LogP contribution is 2.50. The number of fused-ring (bicyclic) bond motifs is 2. The highest BCUT2D eigenvalue weighted by molar-refractivity contribution is 6.23. The molecule has 2 aromatic rings. The van der Waals surface area contributed by atoms with Crippen LogP contribution in [0.3, 0.4) is 0 Å². The zero-order valence-electron chi connectivity index (χ0n) is 28.4. The van der Waals surface area contributed by atoms with E-state index in [9.17, 15) is 19.2 Å². The molecule has 2 aliphatic carbocycles. The number of carbonyl (C=O) groups excluding carboxylic acids is 4. The maximum Gasteiger partial charge on any atom is 0.238 e. The van der Waals surface area contributed by atoms with Crippen LogP contribution in [0.25, 0.3) is 0 Å². The molecule has 4 aliphatic rings. The fourth-order valence-electron chi connectivity index (χ4n) is 7.72. The lowest BCUT2D eigenvalue weighted by Gasteiger charge is -2.19. The van der Waals surface area contributed by atoms with Gasteiger partial charge in [-0.1, -0.05) is 76.3 Å². The number of imide groups is 2. The molecule has 248 valence electrons. The van der Waals surface area contributed by atoms with Crippen molar-refractivity contribution in [2.45, 2.75) is 59.8 Å². The Morgan fingerprint density at radius 1 is 0.574 bits per heavy atom. The molecule has 6 heteroatoms. The maximum absolute atomic E-state index is 13.2. The number of anilines is 2. The molecule has 2 aromatic carbocycles. The van der Waals surface area contributed by atoms with E-state index in [-0.39, 0.29) is 71.0 Å². The van der Waals surface area contributed by atoms with E-state index in [1.54, 1.807) is 0 Å². The van der Waals surface area contributed by atoms with Crippen LogP contribution in [0.4, 0.5) is 11.4 Å². The van der Waals surface area contributed by atoms with Crippen LogP contribution in [0.15, 0.2) is 99.2 Å². The predicted octanol–water partition coefficient (Wildman–Crippen LogP) is 8.34. The summed E-state index contributed by atoms with van der Waals surface area (Å²) in [6.45, 7) is 22.9. The summed E-state index contributed by atoms with van der Waals surface area (Å²) in [6, 6.07) is 15.1. The van der Waals surface area contributed by atoms with Crippen molar-refractivity contribution >= 4 is 35.0 Å². The summed E-state index contributed by atoms with van der Waals surface area (Å²) >= 11 is 0. The van der Waals surface area contributed by atoms with Crippen LogP contribution in [0.1, 0.15) is 64.5 Å². The third kappa shape index (κ3) is 6.88. The van der Waals surface area contributed by atoms with Gasteiger partial charge in [0.2, 0.25) is 23.6 Å². The van der Waals surface area contributed by atoms with Crippen LogP contribution in [0.5, 0.6) is 0 Å². The first-order chi connectivity index (χ1) is 22.6. The molecule has 0 aromatic heterocycles. The number of carbonyl (C=O) groups is 4. The largest absolute Gasteiger partial charge is 0.274 e. The van der Waals surface area contributed by atoms with Crippen molar-refractivity contribution in [2.75, 3.05) is 9.80 Å². The summed E-state index contributed by atoms with van der Waals surface area (Å²) in [5.74, 6) is -1.15. The van der Waals surface area contributed by atoms with Gasteiger partial charge in [-0.3, -0.25) is 29.0 Å². The van der Waals surface area contributed by atoms with E-state index in [4.69, 9.17) is 0 Å². The van der Waals surface area contributed by atoms with Crippen molar-refractivity contribution in [1.82, 2.24) is 0 Å². The first-order valence-electron chi connectivity index (χ1n) is 17.0. The standard InChI is InChI=1S/C33H34N2O4.2C4H8/c1-5-22-15-18(3)26-28(22)32(38)34(30(26)36)24-11-7-20(8-12-24)17-21-9-13-25(14-10-21)35-31(37)27-19(4)16-23(6-2)29(27)33(35)39;2*1-3-4-2/h5-14,18-19,22-23,26-29H,1-2,15-17H2,3-4H3;2*3H,1,4H2,2H3. The smallest absolute Gasteiger partial charge is 0.238 e. The summed E-state index contributed by atoms with van der Waals surface area (Å²) in [6.07, 6.45) is 11.9. The number of hydrogen-bond acceptors (Lipinski definition) is 4. The molecule has 2 heterocycles. The van der Waals surface area contributed by atoms with Gasteiger partial charge >= 0.3 is 0 Å². The molecule has 4 amide bonds. The fourth-order valence-corrected chi connectivity index (χ4v) is 7.72. The molecule has 0 radical (unpaired) electrons. The number of rotatable bonds is 8. The monoisotopic (exact) mass is 634 g/mol. The summed E-state index contributed by atoms with van der Waals surface area (Å²) in [5, 5.41) is 0. The Hall–Kier alpha value is -4.32. The number of amides is 4. The third-order valence-corrected chi connectivity index (χ3v) is 10.2. The van der Waals surface area contributed by atoms with Gasteiger partial charge in [-0.2, -0.15) is 0 Å². The number of hydrogen-bond donors (Lipinski definition) is 0. The van der Waals surface area contributed by atoms with E-state index in [0.717, 1.165) is 36.8 Å². The molecular weight excluding hydrogens is 584 g/mol. The van der Waals surface area contributed by atoms with Gasteiger partial charge in [-0.25, -0.2) is 0 Å². The topological polar surface area (TPSA) is 74.8 Å². The summed E-state index contributed by atoms with van der Waals surface area (Å²) < 4.78 is 0. The Balaban J connectivity index is 0.000000564. The van der Waals surface area contributed by atoms with Gasteiger partial charge in [0.25, 0.3) is 0 Å². The normalized spacial score (nSPS) is 28.9. The zero-order chi connectivity index (χ0) is 34.4. The van der Waals surface area contributed by atoms with Crippen LogP contribution >= 0.6 is 0 Å². The molecule has 0 N–H and O–H groups in total. The molecule has 47 heavy (non-hydrogen) atoms. The average Bonchev–Trinajstić information content (AvgIpc) is 3.77. The quantitative estimate of drug-likeness (QED) is 0.216. The summed E-state index contributed by atoms with van der Waals surface area (Å²) in [7, 11) is 0. The van der Waals surface area contributed by atoms with Crippen molar-refractivity contribution in [3.05, 3.63) is 110 Å². The predicted molar refractivity (Wildman–Crippen MR) is 191 cm³/mol. The average molecular weight is 635 g/mol. The van der Waals surface area contributed by atoms with Crippen LogP contribution in [0.2, 0.25) is 0 Å². The van der Waals surface area contributed by atoms with Gasteiger partial charge < -0.3 is 0 Å². The maximum atomic E-state index is 13.2. The summed E-state index contributed by atoms with van der Waals surface area (Å²) in [4.78, 5) is 55.4. The molecule has 8 unspecified atom stereocenters. The van der Waals surface area contributed by atoms with E-state index in [1.165, 1.54) is 9.80 Å². The highest BCUT2D eigenvalue weighted by atomic mass is 16.2. The van der Waals surface area contributed by atoms with Gasteiger partial charge in [0.15, 0.2) is 0 Å². The van der Waals surface area contributed by atoms with E-state index >= 15 is 0 Å². The first-order valence-corrected chi connectivity index (χ1v) is 17.0. The lowest BCUT2D eigenvalue weighted by atomic mass is 9.90.